The first kappa shape index (κ1) is 20.2. The summed E-state index contributed by atoms with van der Waals surface area (Å²) in [4.78, 5) is 12.7. The van der Waals surface area contributed by atoms with Crippen molar-refractivity contribution in [1.29, 1.82) is 0 Å². The van der Waals surface area contributed by atoms with Gasteiger partial charge < -0.3 is 14.8 Å². The SMILES string of the molecule is COc1ccc(NC(=O)c2cnn(-c3cccc(C(F)(F)F)c3)c2C)c(OC)c1. The maximum atomic E-state index is 13.0. The van der Waals surface area contributed by atoms with Crippen LogP contribution in [-0.2, 0) is 6.18 Å². The second-order valence-electron chi connectivity index (χ2n) is 6.12. The van der Waals surface area contributed by atoms with Gasteiger partial charge in [-0.15, -0.1) is 0 Å². The van der Waals surface area contributed by atoms with Crippen molar-refractivity contribution in [3.05, 3.63) is 65.5 Å². The van der Waals surface area contributed by atoms with Gasteiger partial charge in [-0.25, -0.2) is 4.68 Å². The van der Waals surface area contributed by atoms with Crippen LogP contribution in [0.4, 0.5) is 18.9 Å². The molecule has 0 aliphatic rings. The number of hydrogen-bond donors (Lipinski definition) is 1. The molecule has 0 atom stereocenters. The third-order valence-corrected chi connectivity index (χ3v) is 4.33. The van der Waals surface area contributed by atoms with Crippen LogP contribution in [0.2, 0.25) is 0 Å². The normalized spacial score (nSPS) is 11.2. The zero-order valence-corrected chi connectivity index (χ0v) is 15.9. The Bertz CT molecular complexity index is 1040. The van der Waals surface area contributed by atoms with Crippen molar-refractivity contribution in [2.24, 2.45) is 0 Å². The molecule has 0 saturated heterocycles. The molecule has 3 rings (SSSR count). The Morgan fingerprint density at radius 3 is 2.52 bits per heavy atom. The summed E-state index contributed by atoms with van der Waals surface area (Å²) in [6, 6.07) is 9.65. The average molecular weight is 405 g/mol. The first-order chi connectivity index (χ1) is 13.7. The van der Waals surface area contributed by atoms with Gasteiger partial charge in [0.1, 0.15) is 11.5 Å². The lowest BCUT2D eigenvalue weighted by molar-refractivity contribution is -0.137. The summed E-state index contributed by atoms with van der Waals surface area (Å²) in [5.74, 6) is 0.498. The van der Waals surface area contributed by atoms with Gasteiger partial charge in [0.25, 0.3) is 5.91 Å². The molecule has 1 N–H and O–H groups in total. The van der Waals surface area contributed by atoms with Gasteiger partial charge >= 0.3 is 6.18 Å². The van der Waals surface area contributed by atoms with E-state index in [1.807, 2.05) is 0 Å². The molecule has 3 aromatic rings. The zero-order chi connectivity index (χ0) is 21.2. The number of nitrogens with zero attached hydrogens (tertiary/aromatic N) is 2. The fourth-order valence-corrected chi connectivity index (χ4v) is 2.80. The lowest BCUT2D eigenvalue weighted by Crippen LogP contribution is -2.14. The van der Waals surface area contributed by atoms with E-state index in [2.05, 4.69) is 10.4 Å². The van der Waals surface area contributed by atoms with E-state index < -0.39 is 17.6 Å². The molecule has 1 amide bonds. The third kappa shape index (κ3) is 4.18. The van der Waals surface area contributed by atoms with Gasteiger partial charge in [-0.2, -0.15) is 18.3 Å². The number of alkyl halides is 3. The number of methoxy groups -OCH3 is 2. The standard InChI is InChI=1S/C20H18F3N3O3/c1-12-16(19(27)25-17-8-7-15(28-2)10-18(17)29-3)11-24-26(12)14-6-4-5-13(9-14)20(21,22)23/h4-11H,1-3H3,(H,25,27). The molecular formula is C20H18F3N3O3. The Hall–Kier alpha value is -3.49. The molecule has 0 spiro atoms. The minimum absolute atomic E-state index is 0.207. The quantitative estimate of drug-likeness (QED) is 0.680. The molecule has 0 aliphatic carbocycles. The van der Waals surface area contributed by atoms with Crippen LogP contribution in [0.5, 0.6) is 11.5 Å². The van der Waals surface area contributed by atoms with E-state index in [0.717, 1.165) is 12.1 Å². The van der Waals surface area contributed by atoms with Crippen molar-refractivity contribution in [3.63, 3.8) is 0 Å². The molecule has 1 heterocycles. The Kier molecular flexibility index (Phi) is 5.49. The van der Waals surface area contributed by atoms with Crippen LogP contribution in [0.3, 0.4) is 0 Å². The molecular weight excluding hydrogens is 387 g/mol. The maximum Gasteiger partial charge on any atom is 0.416 e. The van der Waals surface area contributed by atoms with Crippen LogP contribution in [0, 0.1) is 6.92 Å². The lowest BCUT2D eigenvalue weighted by Gasteiger charge is -2.12. The number of halogens is 3. The van der Waals surface area contributed by atoms with E-state index >= 15 is 0 Å². The largest absolute Gasteiger partial charge is 0.497 e. The van der Waals surface area contributed by atoms with Crippen molar-refractivity contribution in [1.82, 2.24) is 9.78 Å². The second kappa shape index (κ2) is 7.86. The number of anilines is 1. The van der Waals surface area contributed by atoms with E-state index in [9.17, 15) is 18.0 Å². The second-order valence-corrected chi connectivity index (χ2v) is 6.12. The Morgan fingerprint density at radius 1 is 1.10 bits per heavy atom. The summed E-state index contributed by atoms with van der Waals surface area (Å²) >= 11 is 0. The van der Waals surface area contributed by atoms with Crippen molar-refractivity contribution in [2.45, 2.75) is 13.1 Å². The highest BCUT2D eigenvalue weighted by atomic mass is 19.4. The van der Waals surface area contributed by atoms with E-state index in [-0.39, 0.29) is 11.3 Å². The lowest BCUT2D eigenvalue weighted by atomic mass is 10.2. The van der Waals surface area contributed by atoms with E-state index in [1.165, 1.54) is 37.2 Å². The molecule has 0 radical (unpaired) electrons. The Balaban J connectivity index is 1.89. The first-order valence-corrected chi connectivity index (χ1v) is 8.50. The fraction of sp³-hybridized carbons (Fsp3) is 0.200. The number of hydrogen-bond acceptors (Lipinski definition) is 4. The van der Waals surface area contributed by atoms with Crippen molar-refractivity contribution in [3.8, 4) is 17.2 Å². The van der Waals surface area contributed by atoms with Crippen molar-refractivity contribution >= 4 is 11.6 Å². The summed E-state index contributed by atoms with van der Waals surface area (Å²) in [5, 5.41) is 6.80. The average Bonchev–Trinajstić information content (AvgIpc) is 3.09. The van der Waals surface area contributed by atoms with Crippen LogP contribution >= 0.6 is 0 Å². The molecule has 0 aliphatic heterocycles. The van der Waals surface area contributed by atoms with E-state index in [0.29, 0.717) is 22.9 Å². The van der Waals surface area contributed by atoms with Gasteiger partial charge in [-0.1, -0.05) is 6.07 Å². The number of nitrogens with one attached hydrogen (secondary N) is 1. The number of ether oxygens (including phenoxy) is 2. The molecule has 152 valence electrons. The summed E-state index contributed by atoms with van der Waals surface area (Å²) in [7, 11) is 2.97. The molecule has 0 bridgehead atoms. The van der Waals surface area contributed by atoms with Crippen LogP contribution < -0.4 is 14.8 Å². The van der Waals surface area contributed by atoms with Gasteiger partial charge in [0.05, 0.1) is 48.6 Å². The first-order valence-electron chi connectivity index (χ1n) is 8.50. The maximum absolute atomic E-state index is 13.0. The molecule has 0 unspecified atom stereocenters. The number of benzene rings is 2. The monoisotopic (exact) mass is 405 g/mol. The van der Waals surface area contributed by atoms with Crippen LogP contribution in [-0.4, -0.2) is 29.9 Å². The Morgan fingerprint density at radius 2 is 1.86 bits per heavy atom. The van der Waals surface area contributed by atoms with Gasteiger partial charge in [0.15, 0.2) is 0 Å². The van der Waals surface area contributed by atoms with E-state index in [4.69, 9.17) is 9.47 Å². The molecule has 9 heteroatoms. The fourth-order valence-electron chi connectivity index (χ4n) is 2.80. The predicted molar refractivity (Wildman–Crippen MR) is 101 cm³/mol. The van der Waals surface area contributed by atoms with Gasteiger partial charge in [0.2, 0.25) is 0 Å². The summed E-state index contributed by atoms with van der Waals surface area (Å²) in [6.07, 6.45) is -3.16. The number of rotatable bonds is 5. The molecule has 0 saturated carbocycles. The van der Waals surface area contributed by atoms with Crippen molar-refractivity contribution < 1.29 is 27.4 Å². The molecule has 29 heavy (non-hydrogen) atoms. The Labute approximate surface area is 164 Å². The summed E-state index contributed by atoms with van der Waals surface area (Å²) in [5.41, 5.74) is 0.455. The van der Waals surface area contributed by atoms with Crippen LogP contribution in [0.15, 0.2) is 48.7 Å². The van der Waals surface area contributed by atoms with Crippen LogP contribution in [0.1, 0.15) is 21.6 Å². The zero-order valence-electron chi connectivity index (χ0n) is 15.9. The van der Waals surface area contributed by atoms with E-state index in [1.54, 1.807) is 25.1 Å². The number of amides is 1. The van der Waals surface area contributed by atoms with Gasteiger partial charge in [0, 0.05) is 6.07 Å². The number of carbonyl (C=O) groups is 1. The highest BCUT2D eigenvalue weighted by Crippen LogP contribution is 2.31. The van der Waals surface area contributed by atoms with Crippen LogP contribution in [0.25, 0.3) is 5.69 Å². The minimum atomic E-state index is -4.47. The number of aromatic nitrogens is 2. The third-order valence-electron chi connectivity index (χ3n) is 4.33. The smallest absolute Gasteiger partial charge is 0.416 e. The van der Waals surface area contributed by atoms with Crippen molar-refractivity contribution in [2.75, 3.05) is 19.5 Å². The molecule has 1 aromatic heterocycles. The topological polar surface area (TPSA) is 65.4 Å². The minimum Gasteiger partial charge on any atom is -0.497 e. The summed E-state index contributed by atoms with van der Waals surface area (Å²) < 4.78 is 50.6. The molecule has 6 nitrogen and oxygen atoms in total. The highest BCUT2D eigenvalue weighted by Gasteiger charge is 2.30. The number of carbonyl (C=O) groups excluding carboxylic acids is 1. The summed E-state index contributed by atoms with van der Waals surface area (Å²) in [6.45, 7) is 1.60. The van der Waals surface area contributed by atoms with Gasteiger partial charge in [-0.3, -0.25) is 4.79 Å². The molecule has 2 aromatic carbocycles. The predicted octanol–water partition coefficient (Wildman–Crippen LogP) is 4.47. The highest BCUT2D eigenvalue weighted by molar-refractivity contribution is 6.05. The molecule has 0 fully saturated rings. The van der Waals surface area contributed by atoms with Gasteiger partial charge in [-0.05, 0) is 37.3 Å².